The summed E-state index contributed by atoms with van der Waals surface area (Å²) in [6.07, 6.45) is 2.00. The SMILES string of the molecule is Cc1noc(C)c1C(=O)NC(=S)Nc1ccc(C#CCCCC#N)cc1. The molecule has 132 valence electrons. The second kappa shape index (κ2) is 9.36. The third-order valence-corrected chi connectivity index (χ3v) is 3.66. The zero-order chi connectivity index (χ0) is 18.9. The molecule has 26 heavy (non-hydrogen) atoms. The van der Waals surface area contributed by atoms with Crippen LogP contribution >= 0.6 is 12.2 Å². The van der Waals surface area contributed by atoms with Crippen molar-refractivity contribution in [3.63, 3.8) is 0 Å². The van der Waals surface area contributed by atoms with Gasteiger partial charge in [0, 0.05) is 24.1 Å². The van der Waals surface area contributed by atoms with Crippen LogP contribution in [0.3, 0.4) is 0 Å². The number of nitriles is 1. The molecule has 6 nitrogen and oxygen atoms in total. The molecular formula is C19H18N4O2S. The molecule has 2 aromatic rings. The molecule has 2 rings (SSSR count). The Morgan fingerprint density at radius 1 is 1.27 bits per heavy atom. The number of carbonyl (C=O) groups is 1. The van der Waals surface area contributed by atoms with Gasteiger partial charge < -0.3 is 9.84 Å². The lowest BCUT2D eigenvalue weighted by Gasteiger charge is -2.09. The summed E-state index contributed by atoms with van der Waals surface area (Å²) < 4.78 is 4.98. The van der Waals surface area contributed by atoms with E-state index in [9.17, 15) is 4.79 Å². The van der Waals surface area contributed by atoms with Crippen molar-refractivity contribution in [2.24, 2.45) is 0 Å². The van der Waals surface area contributed by atoms with Gasteiger partial charge in [-0.05, 0) is 56.8 Å². The lowest BCUT2D eigenvalue weighted by Crippen LogP contribution is -2.34. The van der Waals surface area contributed by atoms with Crippen LogP contribution in [0, 0.1) is 37.0 Å². The monoisotopic (exact) mass is 366 g/mol. The number of aromatic nitrogens is 1. The third-order valence-electron chi connectivity index (χ3n) is 3.45. The van der Waals surface area contributed by atoms with Crippen LogP contribution in [-0.4, -0.2) is 16.2 Å². The number of rotatable bonds is 4. The fourth-order valence-electron chi connectivity index (χ4n) is 2.19. The number of nitrogens with zero attached hydrogens (tertiary/aromatic N) is 2. The van der Waals surface area contributed by atoms with Crippen LogP contribution in [0.2, 0.25) is 0 Å². The summed E-state index contributed by atoms with van der Waals surface area (Å²) in [5.41, 5.74) is 2.51. The lowest BCUT2D eigenvalue weighted by molar-refractivity contribution is 0.0976. The highest BCUT2D eigenvalue weighted by Crippen LogP contribution is 2.12. The smallest absolute Gasteiger partial charge is 0.262 e. The fourth-order valence-corrected chi connectivity index (χ4v) is 2.40. The summed E-state index contributed by atoms with van der Waals surface area (Å²) in [5, 5.41) is 18.0. The highest BCUT2D eigenvalue weighted by Gasteiger charge is 2.18. The number of benzene rings is 1. The molecule has 7 heteroatoms. The average molecular weight is 366 g/mol. The van der Waals surface area contributed by atoms with Gasteiger partial charge in [-0.1, -0.05) is 17.0 Å². The Morgan fingerprint density at radius 3 is 2.62 bits per heavy atom. The number of hydrogen-bond acceptors (Lipinski definition) is 5. The van der Waals surface area contributed by atoms with Crippen molar-refractivity contribution in [1.82, 2.24) is 10.5 Å². The molecule has 0 spiro atoms. The van der Waals surface area contributed by atoms with Crippen LogP contribution in [0.25, 0.3) is 0 Å². The van der Waals surface area contributed by atoms with Crippen molar-refractivity contribution < 1.29 is 9.32 Å². The summed E-state index contributed by atoms with van der Waals surface area (Å²) in [4.78, 5) is 12.2. The van der Waals surface area contributed by atoms with E-state index in [-0.39, 0.29) is 11.0 Å². The van der Waals surface area contributed by atoms with Crippen LogP contribution in [0.15, 0.2) is 28.8 Å². The molecule has 0 atom stereocenters. The molecule has 1 heterocycles. The first kappa shape index (κ1) is 19.2. The Balaban J connectivity index is 1.89. The molecule has 0 aliphatic rings. The molecule has 0 fully saturated rings. The van der Waals surface area contributed by atoms with Crippen molar-refractivity contribution in [2.45, 2.75) is 33.1 Å². The van der Waals surface area contributed by atoms with Crippen molar-refractivity contribution in [3.05, 3.63) is 46.8 Å². The molecule has 0 unspecified atom stereocenters. The zero-order valence-corrected chi connectivity index (χ0v) is 15.4. The van der Waals surface area contributed by atoms with Crippen LogP contribution in [0.5, 0.6) is 0 Å². The van der Waals surface area contributed by atoms with Crippen molar-refractivity contribution in [1.29, 1.82) is 5.26 Å². The standard InChI is InChI=1S/C19H18N4O2S/c1-13-17(14(2)25-23-13)18(24)22-19(26)21-16-10-8-15(9-11-16)7-5-3-4-6-12-20/h8-11H,3-4,6H2,1-2H3,(H2,21,22,24,26). The Bertz CT molecular complexity index is 879. The summed E-state index contributed by atoms with van der Waals surface area (Å²) in [7, 11) is 0. The lowest BCUT2D eigenvalue weighted by atomic mass is 10.2. The number of nitrogens with one attached hydrogen (secondary N) is 2. The van der Waals surface area contributed by atoms with Gasteiger partial charge in [0.1, 0.15) is 11.3 Å². The normalized spacial score (nSPS) is 9.58. The topological polar surface area (TPSA) is 90.9 Å². The minimum Gasteiger partial charge on any atom is -0.361 e. The number of thiocarbonyl (C=S) groups is 1. The summed E-state index contributed by atoms with van der Waals surface area (Å²) >= 11 is 5.17. The molecule has 0 bridgehead atoms. The van der Waals surface area contributed by atoms with Crippen LogP contribution in [0.1, 0.15) is 46.6 Å². The summed E-state index contributed by atoms with van der Waals surface area (Å²) in [5.74, 6) is 6.15. The van der Waals surface area contributed by atoms with E-state index in [0.717, 1.165) is 17.7 Å². The Kier molecular flexibility index (Phi) is 6.90. The van der Waals surface area contributed by atoms with Gasteiger partial charge in [0.15, 0.2) is 5.11 Å². The van der Waals surface area contributed by atoms with Gasteiger partial charge in [-0.3, -0.25) is 10.1 Å². The minimum atomic E-state index is -0.362. The van der Waals surface area contributed by atoms with Gasteiger partial charge in [-0.15, -0.1) is 0 Å². The Labute approximate surface area is 157 Å². The van der Waals surface area contributed by atoms with E-state index >= 15 is 0 Å². The zero-order valence-electron chi connectivity index (χ0n) is 14.5. The number of anilines is 1. The largest absolute Gasteiger partial charge is 0.361 e. The minimum absolute atomic E-state index is 0.185. The predicted molar refractivity (Wildman–Crippen MR) is 102 cm³/mol. The molecule has 2 N–H and O–H groups in total. The Hall–Kier alpha value is -3.16. The maximum Gasteiger partial charge on any atom is 0.262 e. The molecule has 0 radical (unpaired) electrons. The van der Waals surface area contributed by atoms with E-state index in [4.69, 9.17) is 22.0 Å². The first-order valence-electron chi connectivity index (χ1n) is 8.02. The number of amides is 1. The average Bonchev–Trinajstić information content (AvgIpc) is 2.94. The number of hydrogen-bond donors (Lipinski definition) is 2. The number of aryl methyl sites for hydroxylation is 2. The predicted octanol–water partition coefficient (Wildman–Crippen LogP) is 3.46. The van der Waals surface area contributed by atoms with Gasteiger partial charge in [-0.2, -0.15) is 5.26 Å². The van der Waals surface area contributed by atoms with E-state index in [1.165, 1.54) is 0 Å². The van der Waals surface area contributed by atoms with Gasteiger partial charge >= 0.3 is 0 Å². The summed E-state index contributed by atoms with van der Waals surface area (Å²) in [6, 6.07) is 9.47. The Morgan fingerprint density at radius 2 is 2.00 bits per heavy atom. The number of unbranched alkanes of at least 4 members (excludes halogenated alkanes) is 2. The maximum absolute atomic E-state index is 12.2. The molecular weight excluding hydrogens is 348 g/mol. The van der Waals surface area contributed by atoms with Gasteiger partial charge in [0.05, 0.1) is 11.8 Å². The summed E-state index contributed by atoms with van der Waals surface area (Å²) in [6.45, 7) is 3.37. The first-order valence-corrected chi connectivity index (χ1v) is 8.43. The van der Waals surface area contributed by atoms with E-state index in [1.807, 2.05) is 24.3 Å². The van der Waals surface area contributed by atoms with E-state index in [1.54, 1.807) is 13.8 Å². The molecule has 1 aromatic carbocycles. The quantitative estimate of drug-likeness (QED) is 0.489. The van der Waals surface area contributed by atoms with E-state index < -0.39 is 0 Å². The molecule has 0 aliphatic heterocycles. The third kappa shape index (κ3) is 5.44. The molecule has 0 saturated heterocycles. The van der Waals surface area contributed by atoms with E-state index in [0.29, 0.717) is 29.9 Å². The van der Waals surface area contributed by atoms with Crippen molar-refractivity contribution in [3.8, 4) is 17.9 Å². The van der Waals surface area contributed by atoms with Gasteiger partial charge in [0.2, 0.25) is 0 Å². The highest BCUT2D eigenvalue weighted by atomic mass is 32.1. The van der Waals surface area contributed by atoms with Crippen LogP contribution in [-0.2, 0) is 0 Å². The molecule has 1 amide bonds. The van der Waals surface area contributed by atoms with Crippen LogP contribution < -0.4 is 10.6 Å². The number of carbonyl (C=O) groups excluding carboxylic acids is 1. The van der Waals surface area contributed by atoms with Gasteiger partial charge in [-0.25, -0.2) is 0 Å². The molecule has 0 saturated carbocycles. The second-order valence-electron chi connectivity index (χ2n) is 5.50. The maximum atomic E-state index is 12.2. The second-order valence-corrected chi connectivity index (χ2v) is 5.91. The highest BCUT2D eigenvalue weighted by molar-refractivity contribution is 7.80. The first-order chi connectivity index (χ1) is 12.5. The molecule has 0 aliphatic carbocycles. The molecule has 1 aromatic heterocycles. The van der Waals surface area contributed by atoms with Gasteiger partial charge in [0.25, 0.3) is 5.91 Å². The van der Waals surface area contributed by atoms with Crippen molar-refractivity contribution in [2.75, 3.05) is 5.32 Å². The van der Waals surface area contributed by atoms with Crippen molar-refractivity contribution >= 4 is 28.9 Å². The fraction of sp³-hybridized carbons (Fsp3) is 0.263. The van der Waals surface area contributed by atoms with Crippen LogP contribution in [0.4, 0.5) is 5.69 Å². The van der Waals surface area contributed by atoms with E-state index in [2.05, 4.69) is 33.7 Å².